The number of esters is 1. The molecular weight excluding hydrogens is 376 g/mol. The van der Waals surface area contributed by atoms with Gasteiger partial charge in [0.2, 0.25) is 0 Å². The standard InChI is InChI=1S/C18H21F2N3O5/c1-10(2)23-15(7-8-21-23)22-16(24)11(3)27-17(25)12-5-6-13(28-18(19)20)14(9-12)26-4/h5-11,18H,1-4H3,(H,22,24)/t11-/m0/s1. The van der Waals surface area contributed by atoms with Gasteiger partial charge >= 0.3 is 12.6 Å². The first-order chi connectivity index (χ1) is 13.2. The van der Waals surface area contributed by atoms with Crippen LogP contribution >= 0.6 is 0 Å². The summed E-state index contributed by atoms with van der Waals surface area (Å²) in [7, 11) is 1.25. The number of nitrogens with one attached hydrogen (secondary N) is 1. The molecule has 1 aromatic heterocycles. The van der Waals surface area contributed by atoms with Crippen molar-refractivity contribution in [2.24, 2.45) is 0 Å². The fourth-order valence-electron chi connectivity index (χ4n) is 2.32. The lowest BCUT2D eigenvalue weighted by molar-refractivity contribution is -0.123. The van der Waals surface area contributed by atoms with Gasteiger partial charge in [-0.2, -0.15) is 13.9 Å². The number of aromatic nitrogens is 2. The number of nitrogens with zero attached hydrogens (tertiary/aromatic N) is 2. The fraction of sp³-hybridized carbons (Fsp3) is 0.389. The molecular formula is C18H21F2N3O5. The van der Waals surface area contributed by atoms with Crippen molar-refractivity contribution in [1.29, 1.82) is 0 Å². The van der Waals surface area contributed by atoms with E-state index in [9.17, 15) is 18.4 Å². The minimum atomic E-state index is -3.03. The van der Waals surface area contributed by atoms with Gasteiger partial charge in [0.05, 0.1) is 18.9 Å². The van der Waals surface area contributed by atoms with Gasteiger partial charge in [0, 0.05) is 12.1 Å². The molecule has 1 atom stereocenters. The fourth-order valence-corrected chi connectivity index (χ4v) is 2.32. The highest BCUT2D eigenvalue weighted by molar-refractivity contribution is 5.97. The van der Waals surface area contributed by atoms with Crippen LogP contribution in [0.4, 0.5) is 14.6 Å². The van der Waals surface area contributed by atoms with Gasteiger partial charge in [-0.05, 0) is 39.0 Å². The van der Waals surface area contributed by atoms with Crippen LogP contribution in [0.15, 0.2) is 30.5 Å². The number of ether oxygens (including phenoxy) is 3. The molecule has 1 amide bonds. The summed E-state index contributed by atoms with van der Waals surface area (Å²) in [5.74, 6) is -1.17. The average Bonchev–Trinajstić information content (AvgIpc) is 3.09. The highest BCUT2D eigenvalue weighted by Crippen LogP contribution is 2.29. The van der Waals surface area contributed by atoms with Crippen LogP contribution < -0.4 is 14.8 Å². The Morgan fingerprint density at radius 3 is 2.46 bits per heavy atom. The Morgan fingerprint density at radius 2 is 1.86 bits per heavy atom. The van der Waals surface area contributed by atoms with Crippen LogP contribution in [0.25, 0.3) is 0 Å². The van der Waals surface area contributed by atoms with Crippen LogP contribution in [0.2, 0.25) is 0 Å². The molecule has 0 radical (unpaired) electrons. The molecule has 0 fully saturated rings. The second-order valence-corrected chi connectivity index (χ2v) is 6.04. The summed E-state index contributed by atoms with van der Waals surface area (Å²) >= 11 is 0. The number of benzene rings is 1. The molecule has 0 saturated heterocycles. The van der Waals surface area contributed by atoms with Gasteiger partial charge in [-0.15, -0.1) is 0 Å². The maximum absolute atomic E-state index is 12.4. The second-order valence-electron chi connectivity index (χ2n) is 6.04. The number of carbonyl (C=O) groups excluding carboxylic acids is 2. The van der Waals surface area contributed by atoms with E-state index < -0.39 is 24.6 Å². The first kappa shape index (κ1) is 21.1. The summed E-state index contributed by atoms with van der Waals surface area (Å²) < 4.78 is 40.7. The predicted octanol–water partition coefficient (Wildman–Crippen LogP) is 3.26. The lowest BCUT2D eigenvalue weighted by Crippen LogP contribution is -2.31. The summed E-state index contributed by atoms with van der Waals surface area (Å²) in [6.07, 6.45) is 0.438. The molecule has 152 valence electrons. The average molecular weight is 397 g/mol. The highest BCUT2D eigenvalue weighted by Gasteiger charge is 2.22. The molecule has 0 unspecified atom stereocenters. The number of alkyl halides is 2. The first-order valence-corrected chi connectivity index (χ1v) is 8.41. The number of amides is 1. The Balaban J connectivity index is 2.05. The molecule has 2 aromatic rings. The number of anilines is 1. The molecule has 2 rings (SSSR count). The van der Waals surface area contributed by atoms with E-state index in [-0.39, 0.29) is 23.1 Å². The van der Waals surface area contributed by atoms with Crippen LogP contribution in [-0.4, -0.2) is 41.5 Å². The summed E-state index contributed by atoms with van der Waals surface area (Å²) in [5, 5.41) is 6.74. The molecule has 28 heavy (non-hydrogen) atoms. The van der Waals surface area contributed by atoms with E-state index in [1.165, 1.54) is 26.2 Å². The van der Waals surface area contributed by atoms with E-state index in [1.54, 1.807) is 16.9 Å². The van der Waals surface area contributed by atoms with Crippen molar-refractivity contribution in [2.45, 2.75) is 39.5 Å². The van der Waals surface area contributed by atoms with Gasteiger partial charge < -0.3 is 19.5 Å². The van der Waals surface area contributed by atoms with E-state index in [1.807, 2.05) is 13.8 Å². The van der Waals surface area contributed by atoms with Gasteiger partial charge in [0.1, 0.15) is 5.82 Å². The molecule has 0 aliphatic carbocycles. The van der Waals surface area contributed by atoms with Crippen LogP contribution in [0.1, 0.15) is 37.2 Å². The van der Waals surface area contributed by atoms with E-state index >= 15 is 0 Å². The maximum Gasteiger partial charge on any atom is 0.387 e. The molecule has 0 aliphatic rings. The van der Waals surface area contributed by atoms with E-state index in [4.69, 9.17) is 9.47 Å². The number of hydrogen-bond donors (Lipinski definition) is 1. The molecule has 8 nitrogen and oxygen atoms in total. The van der Waals surface area contributed by atoms with Gasteiger partial charge in [-0.3, -0.25) is 4.79 Å². The van der Waals surface area contributed by atoms with Crippen LogP contribution in [-0.2, 0) is 9.53 Å². The van der Waals surface area contributed by atoms with E-state index in [2.05, 4.69) is 15.2 Å². The zero-order chi connectivity index (χ0) is 20.8. The third-order valence-corrected chi connectivity index (χ3v) is 3.68. The topological polar surface area (TPSA) is 91.7 Å². The highest BCUT2D eigenvalue weighted by atomic mass is 19.3. The van der Waals surface area contributed by atoms with Crippen LogP contribution in [0, 0.1) is 0 Å². The SMILES string of the molecule is COc1cc(C(=O)O[C@@H](C)C(=O)Nc2ccnn2C(C)C)ccc1OC(F)F. The number of halogens is 2. The quantitative estimate of drug-likeness (QED) is 0.688. The third kappa shape index (κ3) is 5.18. The first-order valence-electron chi connectivity index (χ1n) is 8.41. The minimum Gasteiger partial charge on any atom is -0.493 e. The zero-order valence-corrected chi connectivity index (χ0v) is 15.8. The van der Waals surface area contributed by atoms with Crippen LogP contribution in [0.3, 0.4) is 0 Å². The number of hydrogen-bond acceptors (Lipinski definition) is 6. The molecule has 0 spiro atoms. The number of methoxy groups -OCH3 is 1. The minimum absolute atomic E-state index is 0.0188. The largest absolute Gasteiger partial charge is 0.493 e. The van der Waals surface area contributed by atoms with Gasteiger partial charge in [0.15, 0.2) is 17.6 Å². The van der Waals surface area contributed by atoms with Gasteiger partial charge in [-0.1, -0.05) is 0 Å². The van der Waals surface area contributed by atoms with Crippen LogP contribution in [0.5, 0.6) is 11.5 Å². The van der Waals surface area contributed by atoms with Crippen molar-refractivity contribution in [3.8, 4) is 11.5 Å². The summed E-state index contributed by atoms with van der Waals surface area (Å²) in [6, 6.07) is 5.25. The maximum atomic E-state index is 12.4. The molecule has 1 heterocycles. The summed E-state index contributed by atoms with van der Waals surface area (Å²) in [4.78, 5) is 24.6. The Bertz CT molecular complexity index is 838. The Hall–Kier alpha value is -3.17. The molecule has 0 aliphatic heterocycles. The van der Waals surface area contributed by atoms with Gasteiger partial charge in [-0.25, -0.2) is 9.48 Å². The monoisotopic (exact) mass is 397 g/mol. The lowest BCUT2D eigenvalue weighted by Gasteiger charge is -2.16. The normalized spacial score (nSPS) is 12.0. The number of rotatable bonds is 8. The van der Waals surface area contributed by atoms with E-state index in [0.717, 1.165) is 6.07 Å². The van der Waals surface area contributed by atoms with Crippen molar-refractivity contribution in [1.82, 2.24) is 9.78 Å². The summed E-state index contributed by atoms with van der Waals surface area (Å²) in [6.45, 7) is 2.19. The van der Waals surface area contributed by atoms with Crippen molar-refractivity contribution >= 4 is 17.7 Å². The Kier molecular flexibility index (Phi) is 6.91. The van der Waals surface area contributed by atoms with Crippen molar-refractivity contribution in [3.63, 3.8) is 0 Å². The smallest absolute Gasteiger partial charge is 0.387 e. The predicted molar refractivity (Wildman–Crippen MR) is 95.7 cm³/mol. The third-order valence-electron chi connectivity index (χ3n) is 3.68. The second kappa shape index (κ2) is 9.16. The van der Waals surface area contributed by atoms with Gasteiger partial charge in [0.25, 0.3) is 5.91 Å². The lowest BCUT2D eigenvalue weighted by atomic mass is 10.2. The molecule has 1 N–H and O–H groups in total. The molecule has 0 saturated carbocycles. The molecule has 10 heteroatoms. The van der Waals surface area contributed by atoms with E-state index in [0.29, 0.717) is 5.82 Å². The molecule has 0 bridgehead atoms. The summed E-state index contributed by atoms with van der Waals surface area (Å²) in [5.41, 5.74) is 0.0188. The Morgan fingerprint density at radius 1 is 1.14 bits per heavy atom. The van der Waals surface area contributed by atoms with Crippen molar-refractivity contribution in [2.75, 3.05) is 12.4 Å². The zero-order valence-electron chi connectivity index (χ0n) is 15.8. The molecule has 1 aromatic carbocycles. The van der Waals surface area contributed by atoms with Crippen molar-refractivity contribution < 1.29 is 32.6 Å². The Labute approximate surface area is 160 Å². The number of carbonyl (C=O) groups is 2. The van der Waals surface area contributed by atoms with Crippen molar-refractivity contribution in [3.05, 3.63) is 36.0 Å².